The van der Waals surface area contributed by atoms with Gasteiger partial charge in [0.25, 0.3) is 0 Å². The van der Waals surface area contributed by atoms with E-state index >= 15 is 0 Å². The van der Waals surface area contributed by atoms with Crippen LogP contribution >= 0.6 is 0 Å². The maximum absolute atomic E-state index is 14.9. The van der Waals surface area contributed by atoms with Crippen LogP contribution in [0.25, 0.3) is 28.4 Å². The molecule has 0 unspecified atom stereocenters. The Morgan fingerprint density at radius 1 is 0.967 bits per heavy atom. The second-order valence-corrected chi connectivity index (χ2v) is 7.14. The lowest BCUT2D eigenvalue weighted by atomic mass is 10.1. The van der Waals surface area contributed by atoms with Crippen LogP contribution in [0.4, 0.5) is 8.78 Å². The first-order chi connectivity index (χ1) is 14.7. The zero-order valence-electron chi connectivity index (χ0n) is 16.1. The number of hydrogen-bond acceptors (Lipinski definition) is 5. The molecule has 4 aromatic rings. The van der Waals surface area contributed by atoms with Crippen LogP contribution in [0.3, 0.4) is 0 Å². The van der Waals surface area contributed by atoms with Gasteiger partial charge in [0.05, 0.1) is 5.69 Å². The van der Waals surface area contributed by atoms with E-state index in [0.717, 1.165) is 13.1 Å². The van der Waals surface area contributed by atoms with Gasteiger partial charge in [0.1, 0.15) is 17.3 Å². The Morgan fingerprint density at radius 3 is 2.47 bits per heavy atom. The topological polar surface area (TPSA) is 64.9 Å². The van der Waals surface area contributed by atoms with E-state index in [1.807, 2.05) is 6.07 Å². The highest BCUT2D eigenvalue weighted by molar-refractivity contribution is 5.79. The Morgan fingerprint density at radius 2 is 1.73 bits per heavy atom. The fourth-order valence-electron chi connectivity index (χ4n) is 3.69. The molecule has 8 heteroatoms. The Hall–Kier alpha value is -3.39. The number of nitrogens with one attached hydrogen (secondary N) is 1. The third kappa shape index (κ3) is 3.39. The molecule has 0 aliphatic carbocycles. The van der Waals surface area contributed by atoms with Gasteiger partial charge in [-0.2, -0.15) is 0 Å². The zero-order valence-corrected chi connectivity index (χ0v) is 16.1. The van der Waals surface area contributed by atoms with Crippen molar-refractivity contribution in [2.75, 3.05) is 13.1 Å². The molecule has 1 aliphatic heterocycles. The highest BCUT2D eigenvalue weighted by Crippen LogP contribution is 2.31. The van der Waals surface area contributed by atoms with E-state index < -0.39 is 11.6 Å². The Bertz CT molecular complexity index is 1170. The molecule has 0 atom stereocenters. The van der Waals surface area contributed by atoms with Crippen molar-refractivity contribution in [3.8, 4) is 23.0 Å². The summed E-state index contributed by atoms with van der Waals surface area (Å²) in [6.45, 7) is 1.54. The number of hydrogen-bond donors (Lipinski definition) is 1. The van der Waals surface area contributed by atoms with Gasteiger partial charge < -0.3 is 10.1 Å². The second-order valence-electron chi connectivity index (χ2n) is 7.14. The standard InChI is InChI=1S/C22H19F2N5O/c23-16-12-14(13-17(24)20(16)30-15-6-10-25-11-7-15)29-21-19(5-3-9-27-21)28-22(29)18-4-1-2-8-26-18/h1-5,8-9,12-13,15,25H,6-7,10-11H2. The molecule has 1 fully saturated rings. The molecule has 1 saturated heterocycles. The van der Waals surface area contributed by atoms with Gasteiger partial charge >= 0.3 is 0 Å². The average molecular weight is 407 g/mol. The van der Waals surface area contributed by atoms with E-state index in [9.17, 15) is 8.78 Å². The lowest BCUT2D eigenvalue weighted by molar-refractivity contribution is 0.149. The lowest BCUT2D eigenvalue weighted by Gasteiger charge is -2.24. The Kier molecular flexibility index (Phi) is 4.84. The molecular weight excluding hydrogens is 388 g/mol. The number of halogens is 2. The van der Waals surface area contributed by atoms with Gasteiger partial charge in [-0.25, -0.2) is 18.7 Å². The van der Waals surface area contributed by atoms with Gasteiger partial charge in [0.2, 0.25) is 0 Å². The second kappa shape index (κ2) is 7.79. The van der Waals surface area contributed by atoms with Crippen LogP contribution < -0.4 is 10.1 Å². The fourth-order valence-corrected chi connectivity index (χ4v) is 3.69. The molecule has 0 saturated carbocycles. The van der Waals surface area contributed by atoms with Crippen LogP contribution in [0.2, 0.25) is 0 Å². The minimum absolute atomic E-state index is 0.207. The molecule has 5 rings (SSSR count). The van der Waals surface area contributed by atoms with Crippen LogP contribution in [0, 0.1) is 11.6 Å². The first kappa shape index (κ1) is 18.6. The quantitative estimate of drug-likeness (QED) is 0.556. The Balaban J connectivity index is 1.62. The van der Waals surface area contributed by atoms with Crippen molar-refractivity contribution in [2.45, 2.75) is 18.9 Å². The first-order valence-electron chi connectivity index (χ1n) is 9.82. The van der Waals surface area contributed by atoms with Gasteiger partial charge in [-0.15, -0.1) is 0 Å². The molecule has 30 heavy (non-hydrogen) atoms. The normalized spacial score (nSPS) is 14.9. The largest absolute Gasteiger partial charge is 0.484 e. The molecule has 1 aliphatic rings. The highest BCUT2D eigenvalue weighted by atomic mass is 19.1. The molecule has 1 aromatic carbocycles. The van der Waals surface area contributed by atoms with Crippen molar-refractivity contribution in [1.29, 1.82) is 0 Å². The van der Waals surface area contributed by atoms with Crippen molar-refractivity contribution >= 4 is 11.2 Å². The molecule has 1 N–H and O–H groups in total. The van der Waals surface area contributed by atoms with E-state index in [2.05, 4.69) is 20.3 Å². The van der Waals surface area contributed by atoms with Crippen molar-refractivity contribution < 1.29 is 13.5 Å². The van der Waals surface area contributed by atoms with E-state index in [1.165, 1.54) is 12.1 Å². The number of fused-ring (bicyclic) bond motifs is 1. The smallest absolute Gasteiger partial charge is 0.191 e. The lowest BCUT2D eigenvalue weighted by Crippen LogP contribution is -2.34. The van der Waals surface area contributed by atoms with Crippen molar-refractivity contribution in [3.05, 3.63) is 66.5 Å². The third-order valence-electron chi connectivity index (χ3n) is 5.12. The summed E-state index contributed by atoms with van der Waals surface area (Å²) < 4.78 is 37.1. The first-order valence-corrected chi connectivity index (χ1v) is 9.82. The van der Waals surface area contributed by atoms with Gasteiger partial charge in [0, 0.05) is 24.5 Å². The number of rotatable bonds is 4. The van der Waals surface area contributed by atoms with E-state index in [0.29, 0.717) is 35.5 Å². The number of benzene rings is 1. The molecule has 0 spiro atoms. The summed E-state index contributed by atoms with van der Waals surface area (Å²) >= 11 is 0. The molecular formula is C22H19F2N5O. The maximum Gasteiger partial charge on any atom is 0.191 e. The van der Waals surface area contributed by atoms with Crippen molar-refractivity contribution in [2.24, 2.45) is 0 Å². The van der Waals surface area contributed by atoms with Crippen LogP contribution in [-0.4, -0.2) is 38.7 Å². The van der Waals surface area contributed by atoms with Crippen molar-refractivity contribution in [1.82, 2.24) is 24.8 Å². The molecule has 4 heterocycles. The summed E-state index contributed by atoms with van der Waals surface area (Å²) in [4.78, 5) is 13.3. The highest BCUT2D eigenvalue weighted by Gasteiger charge is 2.23. The van der Waals surface area contributed by atoms with Crippen molar-refractivity contribution in [3.63, 3.8) is 0 Å². The minimum atomic E-state index is -0.756. The van der Waals surface area contributed by atoms with Crippen LogP contribution in [-0.2, 0) is 0 Å². The number of nitrogens with zero attached hydrogens (tertiary/aromatic N) is 4. The zero-order chi connectivity index (χ0) is 20.5. The summed E-state index contributed by atoms with van der Waals surface area (Å²) in [6.07, 6.45) is 4.47. The predicted octanol–water partition coefficient (Wildman–Crippen LogP) is 3.89. The number of aromatic nitrogens is 4. The molecule has 0 bridgehead atoms. The van der Waals surface area contributed by atoms with E-state index in [1.54, 1.807) is 41.2 Å². The Labute approximate surface area is 171 Å². The van der Waals surface area contributed by atoms with Gasteiger partial charge in [-0.1, -0.05) is 6.07 Å². The van der Waals surface area contributed by atoms with E-state index in [-0.39, 0.29) is 17.5 Å². The molecule has 6 nitrogen and oxygen atoms in total. The van der Waals surface area contributed by atoms with Gasteiger partial charge in [-0.3, -0.25) is 9.55 Å². The number of imidazole rings is 1. The molecule has 0 amide bonds. The van der Waals surface area contributed by atoms with E-state index in [4.69, 9.17) is 4.74 Å². The summed E-state index contributed by atoms with van der Waals surface area (Å²) in [5, 5.41) is 3.21. The molecule has 152 valence electrons. The number of ether oxygens (including phenoxy) is 1. The summed E-state index contributed by atoms with van der Waals surface area (Å²) in [6, 6.07) is 11.5. The van der Waals surface area contributed by atoms with Gasteiger partial charge in [-0.05, 0) is 50.2 Å². The average Bonchev–Trinajstić information content (AvgIpc) is 3.17. The predicted molar refractivity (Wildman–Crippen MR) is 109 cm³/mol. The molecule has 3 aromatic heterocycles. The van der Waals surface area contributed by atoms with Crippen LogP contribution in [0.15, 0.2) is 54.9 Å². The summed E-state index contributed by atoms with van der Waals surface area (Å²) in [5.41, 5.74) is 1.94. The molecule has 0 radical (unpaired) electrons. The third-order valence-corrected chi connectivity index (χ3v) is 5.12. The SMILES string of the molecule is Fc1cc(-n2c(-c3ccccn3)nc3cccnc32)cc(F)c1OC1CCNCC1. The fraction of sp³-hybridized carbons (Fsp3) is 0.227. The van der Waals surface area contributed by atoms with Crippen LogP contribution in [0.1, 0.15) is 12.8 Å². The van der Waals surface area contributed by atoms with Gasteiger partial charge in [0.15, 0.2) is 28.9 Å². The summed E-state index contributed by atoms with van der Waals surface area (Å²) in [7, 11) is 0. The monoisotopic (exact) mass is 407 g/mol. The summed E-state index contributed by atoms with van der Waals surface area (Å²) in [5.74, 6) is -1.40. The minimum Gasteiger partial charge on any atom is -0.484 e. The maximum atomic E-state index is 14.9. The number of piperidine rings is 1. The number of pyridine rings is 2. The van der Waals surface area contributed by atoms with Crippen LogP contribution in [0.5, 0.6) is 5.75 Å².